The summed E-state index contributed by atoms with van der Waals surface area (Å²) in [6.07, 6.45) is 3.45. The Labute approximate surface area is 154 Å². The molecule has 1 saturated carbocycles. The van der Waals surface area contributed by atoms with Crippen LogP contribution in [0.4, 0.5) is 0 Å². The van der Waals surface area contributed by atoms with E-state index in [4.69, 9.17) is 9.68 Å². The number of carbonyl (C=O) groups excluding carboxylic acids is 1. The Bertz CT molecular complexity index is 1070. The van der Waals surface area contributed by atoms with Crippen molar-refractivity contribution in [2.24, 2.45) is 0 Å². The van der Waals surface area contributed by atoms with Crippen LogP contribution in [0.1, 0.15) is 34.8 Å². The quantitative estimate of drug-likeness (QED) is 0.720. The van der Waals surface area contributed by atoms with Gasteiger partial charge in [0.05, 0.1) is 24.4 Å². The van der Waals surface area contributed by atoms with Gasteiger partial charge >= 0.3 is 5.69 Å². The van der Waals surface area contributed by atoms with E-state index >= 15 is 0 Å². The van der Waals surface area contributed by atoms with Gasteiger partial charge in [-0.25, -0.2) is 9.48 Å². The van der Waals surface area contributed by atoms with Crippen molar-refractivity contribution in [2.75, 3.05) is 6.54 Å². The van der Waals surface area contributed by atoms with Crippen LogP contribution in [0.3, 0.4) is 0 Å². The van der Waals surface area contributed by atoms with Gasteiger partial charge in [-0.3, -0.25) is 9.36 Å². The minimum absolute atomic E-state index is 0.162. The fourth-order valence-corrected chi connectivity index (χ4v) is 2.91. The molecule has 8 nitrogen and oxygen atoms in total. The number of carbonyl (C=O) groups is 1. The minimum atomic E-state index is -0.298. The highest BCUT2D eigenvalue weighted by Gasteiger charge is 2.31. The lowest BCUT2D eigenvalue weighted by Crippen LogP contribution is -2.32. The number of nitrogens with zero attached hydrogens (tertiary/aromatic N) is 4. The zero-order chi connectivity index (χ0) is 18.8. The summed E-state index contributed by atoms with van der Waals surface area (Å²) >= 11 is 0. The van der Waals surface area contributed by atoms with E-state index in [1.165, 1.54) is 10.7 Å². The molecule has 27 heavy (non-hydrogen) atoms. The Hall–Kier alpha value is -3.60. The van der Waals surface area contributed by atoms with Crippen molar-refractivity contribution >= 4 is 5.91 Å². The highest BCUT2D eigenvalue weighted by atomic mass is 16.3. The van der Waals surface area contributed by atoms with Gasteiger partial charge in [-0.1, -0.05) is 6.07 Å². The fourth-order valence-electron chi connectivity index (χ4n) is 2.91. The standard InChI is InChI=1S/C19H17N5O3/c20-12-13-3-1-4-14(11-13)18(25)21-8-9-23-19(26)24(15-6-7-15)17(22-23)16-5-2-10-27-16/h1-5,10-11,15H,6-9H2,(H,21,25). The summed E-state index contributed by atoms with van der Waals surface area (Å²) < 4.78 is 8.41. The van der Waals surface area contributed by atoms with Crippen LogP contribution in [0.2, 0.25) is 0 Å². The summed E-state index contributed by atoms with van der Waals surface area (Å²) in [5.74, 6) is 0.767. The Morgan fingerprint density at radius 1 is 1.33 bits per heavy atom. The first-order chi connectivity index (χ1) is 13.2. The van der Waals surface area contributed by atoms with Crippen LogP contribution in [0.25, 0.3) is 11.6 Å². The fraction of sp³-hybridized carbons (Fsp3) is 0.263. The largest absolute Gasteiger partial charge is 0.461 e. The average molecular weight is 363 g/mol. The number of nitrogens with one attached hydrogen (secondary N) is 1. The lowest BCUT2D eigenvalue weighted by atomic mass is 10.1. The number of aromatic nitrogens is 3. The molecular formula is C19H17N5O3. The maximum absolute atomic E-state index is 12.7. The summed E-state index contributed by atoms with van der Waals surface area (Å²) in [5.41, 5.74) is 0.621. The van der Waals surface area contributed by atoms with Crippen molar-refractivity contribution in [3.8, 4) is 17.7 Å². The summed E-state index contributed by atoms with van der Waals surface area (Å²) in [6, 6.07) is 12.2. The topological polar surface area (TPSA) is 106 Å². The van der Waals surface area contributed by atoms with E-state index in [0.717, 1.165) is 12.8 Å². The molecule has 4 rings (SSSR count). The maximum Gasteiger partial charge on any atom is 0.346 e. The van der Waals surface area contributed by atoms with Crippen LogP contribution < -0.4 is 11.0 Å². The second-order valence-corrected chi connectivity index (χ2v) is 6.36. The number of hydrogen-bond acceptors (Lipinski definition) is 5. The Balaban J connectivity index is 1.47. The molecule has 0 radical (unpaired) electrons. The number of hydrogen-bond donors (Lipinski definition) is 1. The lowest BCUT2D eigenvalue weighted by molar-refractivity contribution is 0.0951. The molecular weight excluding hydrogens is 346 g/mol. The van der Waals surface area contributed by atoms with Crippen LogP contribution in [-0.2, 0) is 6.54 Å². The third-order valence-corrected chi connectivity index (χ3v) is 4.39. The average Bonchev–Trinajstić information content (AvgIpc) is 3.26. The molecule has 0 unspecified atom stereocenters. The van der Waals surface area contributed by atoms with Crippen LogP contribution in [0.15, 0.2) is 51.9 Å². The molecule has 1 fully saturated rings. The number of rotatable bonds is 6. The van der Waals surface area contributed by atoms with Gasteiger partial charge in [0.1, 0.15) is 0 Å². The monoisotopic (exact) mass is 363 g/mol. The predicted octanol–water partition coefficient (Wildman–Crippen LogP) is 1.94. The van der Waals surface area contributed by atoms with E-state index in [-0.39, 0.29) is 30.7 Å². The highest BCUT2D eigenvalue weighted by molar-refractivity contribution is 5.94. The van der Waals surface area contributed by atoms with Gasteiger partial charge in [0, 0.05) is 18.2 Å². The van der Waals surface area contributed by atoms with Crippen LogP contribution >= 0.6 is 0 Å². The molecule has 0 bridgehead atoms. The number of benzene rings is 1. The van der Waals surface area contributed by atoms with Crippen molar-refractivity contribution in [2.45, 2.75) is 25.4 Å². The molecule has 0 spiro atoms. The van der Waals surface area contributed by atoms with E-state index in [1.807, 2.05) is 6.07 Å². The third-order valence-electron chi connectivity index (χ3n) is 4.39. The van der Waals surface area contributed by atoms with Gasteiger partial charge in [0.2, 0.25) is 5.82 Å². The summed E-state index contributed by atoms with van der Waals surface area (Å²) in [4.78, 5) is 24.9. The number of amides is 1. The van der Waals surface area contributed by atoms with E-state index in [1.54, 1.807) is 41.2 Å². The zero-order valence-electron chi connectivity index (χ0n) is 14.5. The molecule has 3 aromatic rings. The summed E-state index contributed by atoms with van der Waals surface area (Å²) in [5, 5.41) is 16.1. The molecule has 8 heteroatoms. The van der Waals surface area contributed by atoms with Gasteiger partial charge in [-0.2, -0.15) is 5.26 Å². The van der Waals surface area contributed by atoms with Crippen molar-refractivity contribution in [3.63, 3.8) is 0 Å². The third kappa shape index (κ3) is 3.40. The summed E-state index contributed by atoms with van der Waals surface area (Å²) in [6.45, 7) is 0.491. The normalized spacial score (nSPS) is 13.3. The predicted molar refractivity (Wildman–Crippen MR) is 96.0 cm³/mol. The molecule has 2 heterocycles. The van der Waals surface area contributed by atoms with E-state index in [9.17, 15) is 9.59 Å². The molecule has 0 aliphatic heterocycles. The molecule has 1 N–H and O–H groups in total. The van der Waals surface area contributed by atoms with Gasteiger partial charge in [-0.05, 0) is 43.2 Å². The Morgan fingerprint density at radius 2 is 2.19 bits per heavy atom. The first-order valence-corrected chi connectivity index (χ1v) is 8.69. The molecule has 0 saturated heterocycles. The van der Waals surface area contributed by atoms with Crippen molar-refractivity contribution in [3.05, 3.63) is 64.3 Å². The second kappa shape index (κ2) is 6.96. The number of furan rings is 1. The molecule has 0 atom stereocenters. The second-order valence-electron chi connectivity index (χ2n) is 6.36. The SMILES string of the molecule is N#Cc1cccc(C(=O)NCCn2nc(-c3ccco3)n(C3CC3)c2=O)c1. The van der Waals surface area contributed by atoms with E-state index < -0.39 is 0 Å². The minimum Gasteiger partial charge on any atom is -0.461 e. The zero-order valence-corrected chi connectivity index (χ0v) is 14.5. The lowest BCUT2D eigenvalue weighted by Gasteiger charge is -2.05. The molecule has 2 aromatic heterocycles. The smallest absolute Gasteiger partial charge is 0.346 e. The Morgan fingerprint density at radius 3 is 2.89 bits per heavy atom. The molecule has 1 aliphatic rings. The van der Waals surface area contributed by atoms with Crippen molar-refractivity contribution in [1.82, 2.24) is 19.7 Å². The van der Waals surface area contributed by atoms with Crippen LogP contribution in [-0.4, -0.2) is 26.8 Å². The molecule has 1 amide bonds. The number of nitriles is 1. The van der Waals surface area contributed by atoms with Gasteiger partial charge in [-0.15, -0.1) is 5.10 Å². The first kappa shape index (κ1) is 16.8. The van der Waals surface area contributed by atoms with Gasteiger partial charge in [0.15, 0.2) is 5.76 Å². The van der Waals surface area contributed by atoms with Gasteiger partial charge < -0.3 is 9.73 Å². The van der Waals surface area contributed by atoms with Crippen LogP contribution in [0, 0.1) is 11.3 Å². The Kier molecular flexibility index (Phi) is 4.34. The van der Waals surface area contributed by atoms with Gasteiger partial charge in [0.25, 0.3) is 5.91 Å². The van der Waals surface area contributed by atoms with Crippen LogP contribution in [0.5, 0.6) is 0 Å². The van der Waals surface area contributed by atoms with E-state index in [0.29, 0.717) is 22.7 Å². The molecule has 1 aliphatic carbocycles. The first-order valence-electron chi connectivity index (χ1n) is 8.69. The van der Waals surface area contributed by atoms with Crippen molar-refractivity contribution < 1.29 is 9.21 Å². The highest BCUT2D eigenvalue weighted by Crippen LogP contribution is 2.36. The maximum atomic E-state index is 12.7. The van der Waals surface area contributed by atoms with Crippen molar-refractivity contribution in [1.29, 1.82) is 5.26 Å². The molecule has 1 aromatic carbocycles. The molecule has 136 valence electrons. The summed E-state index contributed by atoms with van der Waals surface area (Å²) in [7, 11) is 0. The van der Waals surface area contributed by atoms with E-state index in [2.05, 4.69) is 10.4 Å².